The molecule has 0 spiro atoms. The van der Waals surface area contributed by atoms with Gasteiger partial charge in [0.25, 0.3) is 5.91 Å². The molecular weight excluding hydrogens is 452 g/mol. The third-order valence-corrected chi connectivity index (χ3v) is 6.22. The number of aromatic nitrogens is 3. The van der Waals surface area contributed by atoms with Crippen molar-refractivity contribution in [3.8, 4) is 22.5 Å². The van der Waals surface area contributed by atoms with Crippen LogP contribution in [-0.4, -0.2) is 57.7 Å². The van der Waals surface area contributed by atoms with Crippen molar-refractivity contribution in [3.63, 3.8) is 0 Å². The SMILES string of the molecule is CN(C)c1ccc(-c2cn3c(-c4ccc(C(=O)NC5CC5)cc4)cnc3c(NCC(C)(C)O)n2)cc1. The summed E-state index contributed by atoms with van der Waals surface area (Å²) in [6, 6.07) is 16.1. The van der Waals surface area contributed by atoms with Gasteiger partial charge in [0.15, 0.2) is 11.5 Å². The number of imidazole rings is 1. The first-order valence-electron chi connectivity index (χ1n) is 12.2. The lowest BCUT2D eigenvalue weighted by molar-refractivity contribution is 0.0940. The number of nitrogens with zero attached hydrogens (tertiary/aromatic N) is 4. The number of aliphatic hydroxyl groups is 1. The number of nitrogens with one attached hydrogen (secondary N) is 2. The molecule has 4 aromatic rings. The summed E-state index contributed by atoms with van der Waals surface area (Å²) < 4.78 is 2.01. The van der Waals surface area contributed by atoms with E-state index in [2.05, 4.69) is 32.7 Å². The van der Waals surface area contributed by atoms with Gasteiger partial charge in [0.1, 0.15) is 0 Å². The molecule has 0 radical (unpaired) electrons. The van der Waals surface area contributed by atoms with Crippen LogP contribution in [0.15, 0.2) is 60.9 Å². The van der Waals surface area contributed by atoms with Crippen LogP contribution in [0.1, 0.15) is 37.0 Å². The highest BCUT2D eigenvalue weighted by atomic mass is 16.3. The second-order valence-electron chi connectivity index (χ2n) is 10.2. The molecule has 0 bridgehead atoms. The second kappa shape index (κ2) is 9.28. The van der Waals surface area contributed by atoms with Gasteiger partial charge in [-0.2, -0.15) is 0 Å². The molecule has 1 saturated carbocycles. The number of anilines is 2. The molecule has 2 aromatic carbocycles. The summed E-state index contributed by atoms with van der Waals surface area (Å²) in [6.45, 7) is 3.82. The standard InChI is InChI=1S/C28H32N6O2/c1-28(2,36)17-30-25-26-29-15-24(19-5-7-20(8-6-19)27(35)31-21-11-12-21)34(26)16-23(32-25)18-9-13-22(14-10-18)33(3)4/h5-10,13-16,21,36H,11-12,17H2,1-4H3,(H,30,32)(H,31,35). The fourth-order valence-electron chi connectivity index (χ4n) is 3.98. The largest absolute Gasteiger partial charge is 0.389 e. The van der Waals surface area contributed by atoms with Crippen molar-refractivity contribution in [2.45, 2.75) is 38.3 Å². The van der Waals surface area contributed by atoms with E-state index in [1.54, 1.807) is 13.8 Å². The Labute approximate surface area is 211 Å². The van der Waals surface area contributed by atoms with Crippen LogP contribution in [0.2, 0.25) is 0 Å². The predicted octanol–water partition coefficient (Wildman–Crippen LogP) is 4.20. The maximum Gasteiger partial charge on any atom is 0.251 e. The van der Waals surface area contributed by atoms with Crippen molar-refractivity contribution < 1.29 is 9.90 Å². The third kappa shape index (κ3) is 5.18. The van der Waals surface area contributed by atoms with E-state index in [4.69, 9.17) is 4.98 Å². The first-order valence-corrected chi connectivity index (χ1v) is 12.2. The summed E-state index contributed by atoms with van der Waals surface area (Å²) in [5.41, 5.74) is 5.10. The van der Waals surface area contributed by atoms with Gasteiger partial charge in [-0.1, -0.05) is 24.3 Å². The Morgan fingerprint density at radius 3 is 2.36 bits per heavy atom. The van der Waals surface area contributed by atoms with E-state index in [1.165, 1.54) is 0 Å². The van der Waals surface area contributed by atoms with E-state index in [0.717, 1.165) is 41.0 Å². The maximum atomic E-state index is 12.4. The zero-order chi connectivity index (χ0) is 25.4. The maximum absolute atomic E-state index is 12.4. The lowest BCUT2D eigenvalue weighted by Gasteiger charge is -2.19. The molecule has 5 rings (SSSR count). The lowest BCUT2D eigenvalue weighted by Crippen LogP contribution is -2.29. The van der Waals surface area contributed by atoms with Crippen LogP contribution in [0.3, 0.4) is 0 Å². The zero-order valence-electron chi connectivity index (χ0n) is 21.1. The molecule has 0 atom stereocenters. The quantitative estimate of drug-likeness (QED) is 0.347. The fraction of sp³-hybridized carbons (Fsp3) is 0.321. The molecule has 2 heterocycles. The Morgan fingerprint density at radius 1 is 1.08 bits per heavy atom. The molecule has 1 aliphatic rings. The number of carbonyl (C=O) groups excluding carboxylic acids is 1. The van der Waals surface area contributed by atoms with Gasteiger partial charge in [0, 0.05) is 55.3 Å². The smallest absolute Gasteiger partial charge is 0.251 e. The van der Waals surface area contributed by atoms with Crippen LogP contribution in [0.4, 0.5) is 11.5 Å². The molecule has 1 aliphatic carbocycles. The van der Waals surface area contributed by atoms with Gasteiger partial charge in [-0.05, 0) is 51.0 Å². The third-order valence-electron chi connectivity index (χ3n) is 6.22. The first-order chi connectivity index (χ1) is 17.2. The van der Waals surface area contributed by atoms with Gasteiger partial charge in [0.2, 0.25) is 0 Å². The summed E-state index contributed by atoms with van der Waals surface area (Å²) in [6.07, 6.45) is 5.91. The second-order valence-corrected chi connectivity index (χ2v) is 10.2. The van der Waals surface area contributed by atoms with Crippen molar-refractivity contribution in [1.82, 2.24) is 19.7 Å². The molecule has 1 amide bonds. The number of hydrogen-bond acceptors (Lipinski definition) is 6. The Hall–Kier alpha value is -3.91. The zero-order valence-corrected chi connectivity index (χ0v) is 21.1. The highest BCUT2D eigenvalue weighted by Crippen LogP contribution is 2.29. The number of carbonyl (C=O) groups is 1. The Morgan fingerprint density at radius 2 is 1.75 bits per heavy atom. The summed E-state index contributed by atoms with van der Waals surface area (Å²) in [7, 11) is 4.02. The van der Waals surface area contributed by atoms with Gasteiger partial charge >= 0.3 is 0 Å². The summed E-state index contributed by atoms with van der Waals surface area (Å²) in [5.74, 6) is 0.561. The van der Waals surface area contributed by atoms with Gasteiger partial charge < -0.3 is 20.6 Å². The van der Waals surface area contributed by atoms with Crippen molar-refractivity contribution in [2.24, 2.45) is 0 Å². The number of benzene rings is 2. The van der Waals surface area contributed by atoms with E-state index in [0.29, 0.717) is 29.6 Å². The molecular formula is C28H32N6O2. The monoisotopic (exact) mass is 484 g/mol. The molecule has 1 fully saturated rings. The van der Waals surface area contributed by atoms with Gasteiger partial charge in [-0.25, -0.2) is 9.97 Å². The molecule has 0 saturated heterocycles. The average Bonchev–Trinajstić information content (AvgIpc) is 3.57. The Kier molecular flexibility index (Phi) is 6.14. The van der Waals surface area contributed by atoms with Crippen LogP contribution in [0.25, 0.3) is 28.2 Å². The van der Waals surface area contributed by atoms with Crippen LogP contribution >= 0.6 is 0 Å². The molecule has 3 N–H and O–H groups in total. The fourth-order valence-corrected chi connectivity index (χ4v) is 3.98. The Balaban J connectivity index is 1.54. The van der Waals surface area contributed by atoms with Gasteiger partial charge in [-0.15, -0.1) is 0 Å². The van der Waals surface area contributed by atoms with E-state index in [9.17, 15) is 9.90 Å². The lowest BCUT2D eigenvalue weighted by atomic mass is 10.1. The molecule has 0 aliphatic heterocycles. The van der Waals surface area contributed by atoms with E-state index in [-0.39, 0.29) is 5.91 Å². The number of amides is 1. The van der Waals surface area contributed by atoms with Crippen molar-refractivity contribution in [1.29, 1.82) is 0 Å². The molecule has 0 unspecified atom stereocenters. The van der Waals surface area contributed by atoms with Crippen molar-refractivity contribution in [2.75, 3.05) is 30.9 Å². The van der Waals surface area contributed by atoms with Crippen LogP contribution in [0, 0.1) is 0 Å². The topological polar surface area (TPSA) is 94.8 Å². The normalized spacial score (nSPS) is 13.6. The number of rotatable bonds is 8. The summed E-state index contributed by atoms with van der Waals surface area (Å²) in [4.78, 5) is 24.0. The highest BCUT2D eigenvalue weighted by Gasteiger charge is 2.24. The van der Waals surface area contributed by atoms with E-state index < -0.39 is 5.60 Å². The molecule has 186 valence electrons. The number of fused-ring (bicyclic) bond motifs is 1. The summed E-state index contributed by atoms with van der Waals surface area (Å²) in [5, 5.41) is 16.6. The highest BCUT2D eigenvalue weighted by molar-refractivity contribution is 5.95. The minimum atomic E-state index is -0.908. The van der Waals surface area contributed by atoms with Crippen LogP contribution in [0.5, 0.6) is 0 Å². The van der Waals surface area contributed by atoms with Gasteiger partial charge in [0.05, 0.1) is 23.2 Å². The predicted molar refractivity (Wildman–Crippen MR) is 143 cm³/mol. The molecule has 36 heavy (non-hydrogen) atoms. The van der Waals surface area contributed by atoms with Crippen LogP contribution in [-0.2, 0) is 0 Å². The van der Waals surface area contributed by atoms with Gasteiger partial charge in [-0.3, -0.25) is 9.20 Å². The molecule has 2 aromatic heterocycles. The van der Waals surface area contributed by atoms with E-state index in [1.807, 2.05) is 67.3 Å². The molecule has 8 heteroatoms. The van der Waals surface area contributed by atoms with Crippen molar-refractivity contribution >= 4 is 23.1 Å². The Bertz CT molecular complexity index is 1380. The van der Waals surface area contributed by atoms with Crippen molar-refractivity contribution in [3.05, 3.63) is 66.5 Å². The average molecular weight is 485 g/mol. The summed E-state index contributed by atoms with van der Waals surface area (Å²) >= 11 is 0. The minimum absolute atomic E-state index is 0.0343. The minimum Gasteiger partial charge on any atom is -0.389 e. The number of hydrogen-bond donors (Lipinski definition) is 3. The first kappa shape index (κ1) is 23.8. The molecule has 8 nitrogen and oxygen atoms in total. The van der Waals surface area contributed by atoms with Crippen LogP contribution < -0.4 is 15.5 Å². The van der Waals surface area contributed by atoms with E-state index >= 15 is 0 Å².